The molecule has 0 bridgehead atoms. The highest BCUT2D eigenvalue weighted by atomic mass is 79.9. The molecule has 0 aromatic heterocycles. The molecule has 0 heterocycles. The topological polar surface area (TPSA) is 122 Å². The van der Waals surface area contributed by atoms with Gasteiger partial charge in [0.15, 0.2) is 0 Å². The number of nitrogens with two attached hydrogens (primary N) is 1. The molecule has 7 nitrogen and oxygen atoms in total. The maximum Gasteiger partial charge on any atom is 0.247 e. The molecular formula is C23H27BrN2O5. The molecule has 4 atom stereocenters. The SMILES string of the molecule is CC(C)C[C@@H](NC(=O)C1=C[C@@H](Oc2ccc3ccccc3c2Br)[C@H](O)[C@H](O)C1)C(N)=O. The van der Waals surface area contributed by atoms with Gasteiger partial charge in [-0.15, -0.1) is 0 Å². The summed E-state index contributed by atoms with van der Waals surface area (Å²) >= 11 is 3.54. The molecule has 3 rings (SSSR count). The van der Waals surface area contributed by atoms with Crippen molar-refractivity contribution in [3.8, 4) is 5.75 Å². The van der Waals surface area contributed by atoms with Crippen LogP contribution in [0, 0.1) is 5.92 Å². The number of rotatable bonds is 7. The van der Waals surface area contributed by atoms with Crippen molar-refractivity contribution in [3.63, 3.8) is 0 Å². The number of halogens is 1. The Morgan fingerprint density at radius 3 is 2.61 bits per heavy atom. The predicted octanol–water partition coefficient (Wildman–Crippen LogP) is 2.42. The molecule has 0 saturated heterocycles. The molecular weight excluding hydrogens is 464 g/mol. The fourth-order valence-electron chi connectivity index (χ4n) is 3.62. The minimum Gasteiger partial charge on any atom is -0.482 e. The quantitative estimate of drug-likeness (QED) is 0.474. The zero-order valence-electron chi connectivity index (χ0n) is 17.4. The molecule has 2 aromatic rings. The van der Waals surface area contributed by atoms with Crippen LogP contribution in [-0.2, 0) is 9.59 Å². The first-order valence-electron chi connectivity index (χ1n) is 10.2. The van der Waals surface area contributed by atoms with Crippen LogP contribution in [0.25, 0.3) is 10.8 Å². The molecule has 0 saturated carbocycles. The van der Waals surface area contributed by atoms with E-state index in [1.807, 2.05) is 44.2 Å². The van der Waals surface area contributed by atoms with Crippen LogP contribution < -0.4 is 15.8 Å². The number of hydrogen-bond donors (Lipinski definition) is 4. The van der Waals surface area contributed by atoms with Gasteiger partial charge in [0.1, 0.15) is 24.0 Å². The van der Waals surface area contributed by atoms with E-state index in [2.05, 4.69) is 21.2 Å². The molecule has 31 heavy (non-hydrogen) atoms. The van der Waals surface area contributed by atoms with E-state index in [4.69, 9.17) is 10.5 Å². The molecule has 166 valence electrons. The Morgan fingerprint density at radius 2 is 1.94 bits per heavy atom. The molecule has 1 aliphatic rings. The van der Waals surface area contributed by atoms with Crippen LogP contribution in [0.4, 0.5) is 0 Å². The lowest BCUT2D eigenvalue weighted by molar-refractivity contribution is -0.126. The normalized spacial score (nSPS) is 22.1. The number of aliphatic hydroxyl groups is 2. The number of aliphatic hydroxyl groups excluding tert-OH is 2. The van der Waals surface area contributed by atoms with Crippen molar-refractivity contribution < 1.29 is 24.5 Å². The highest BCUT2D eigenvalue weighted by Crippen LogP contribution is 2.35. The van der Waals surface area contributed by atoms with E-state index in [1.54, 1.807) is 6.07 Å². The van der Waals surface area contributed by atoms with Gasteiger partial charge in [-0.05, 0) is 51.2 Å². The van der Waals surface area contributed by atoms with E-state index < -0.39 is 36.2 Å². The largest absolute Gasteiger partial charge is 0.482 e. The van der Waals surface area contributed by atoms with Gasteiger partial charge in [0.25, 0.3) is 0 Å². The zero-order valence-corrected chi connectivity index (χ0v) is 19.0. The Labute approximate surface area is 189 Å². The summed E-state index contributed by atoms with van der Waals surface area (Å²) in [4.78, 5) is 24.4. The summed E-state index contributed by atoms with van der Waals surface area (Å²) < 4.78 is 6.68. The van der Waals surface area contributed by atoms with Crippen molar-refractivity contribution in [1.29, 1.82) is 0 Å². The first kappa shape index (κ1) is 23.2. The predicted molar refractivity (Wildman–Crippen MR) is 121 cm³/mol. The van der Waals surface area contributed by atoms with Crippen LogP contribution in [-0.4, -0.2) is 46.4 Å². The molecule has 5 N–H and O–H groups in total. The average molecular weight is 491 g/mol. The van der Waals surface area contributed by atoms with Crippen LogP contribution in [0.5, 0.6) is 5.75 Å². The summed E-state index contributed by atoms with van der Waals surface area (Å²) in [5.74, 6) is -0.497. The summed E-state index contributed by atoms with van der Waals surface area (Å²) in [6.45, 7) is 3.85. The van der Waals surface area contributed by atoms with Gasteiger partial charge in [-0.2, -0.15) is 0 Å². The molecule has 1 aliphatic carbocycles. The Morgan fingerprint density at radius 1 is 1.23 bits per heavy atom. The summed E-state index contributed by atoms with van der Waals surface area (Å²) in [5, 5.41) is 25.4. The maximum atomic E-state index is 12.7. The number of ether oxygens (including phenoxy) is 1. The fraction of sp³-hybridized carbons (Fsp3) is 0.391. The summed E-state index contributed by atoms with van der Waals surface area (Å²) in [5.41, 5.74) is 5.64. The third-order valence-electron chi connectivity index (χ3n) is 5.26. The third kappa shape index (κ3) is 5.44. The number of fused-ring (bicyclic) bond motifs is 1. The minimum absolute atomic E-state index is 0.0566. The van der Waals surface area contributed by atoms with Gasteiger partial charge >= 0.3 is 0 Å². The van der Waals surface area contributed by atoms with Crippen LogP contribution in [0.15, 0.2) is 52.5 Å². The summed E-state index contributed by atoms with van der Waals surface area (Å²) in [7, 11) is 0. The Bertz CT molecular complexity index is 1010. The number of nitrogens with one attached hydrogen (secondary N) is 1. The van der Waals surface area contributed by atoms with Gasteiger partial charge in [-0.25, -0.2) is 0 Å². The van der Waals surface area contributed by atoms with Crippen LogP contribution in [0.3, 0.4) is 0 Å². The number of carbonyl (C=O) groups is 2. The lowest BCUT2D eigenvalue weighted by atomic mass is 9.91. The van der Waals surface area contributed by atoms with Gasteiger partial charge < -0.3 is 26.0 Å². The van der Waals surface area contributed by atoms with Gasteiger partial charge in [0.2, 0.25) is 11.8 Å². The lowest BCUT2D eigenvalue weighted by Crippen LogP contribution is -2.49. The third-order valence-corrected chi connectivity index (χ3v) is 6.08. The number of carbonyl (C=O) groups excluding carboxylic acids is 2. The highest BCUT2D eigenvalue weighted by molar-refractivity contribution is 9.10. The van der Waals surface area contributed by atoms with Crippen molar-refractivity contribution in [2.45, 2.75) is 51.0 Å². The van der Waals surface area contributed by atoms with Crippen molar-refractivity contribution in [1.82, 2.24) is 5.32 Å². The number of amides is 2. The maximum absolute atomic E-state index is 12.7. The van der Waals surface area contributed by atoms with Crippen LogP contribution in [0.2, 0.25) is 0 Å². The second-order valence-electron chi connectivity index (χ2n) is 8.19. The fourth-order valence-corrected chi connectivity index (χ4v) is 4.21. The van der Waals surface area contributed by atoms with E-state index in [1.165, 1.54) is 6.08 Å². The van der Waals surface area contributed by atoms with E-state index >= 15 is 0 Å². The summed E-state index contributed by atoms with van der Waals surface area (Å²) in [6.07, 6.45) is -1.51. The number of benzene rings is 2. The standard InChI is InChI=1S/C23H27BrN2O5/c1-12(2)9-16(22(25)29)26-23(30)14-10-17(27)21(28)19(11-14)31-18-8-7-13-5-3-4-6-15(13)20(18)24/h3-8,11-12,16-17,19,21,27-28H,9-10H2,1-2H3,(H2,25,29)(H,26,30)/t16-,17-,19-,21-/m1/s1. The van der Waals surface area contributed by atoms with Crippen molar-refractivity contribution in [2.24, 2.45) is 11.7 Å². The van der Waals surface area contributed by atoms with Gasteiger partial charge in [0, 0.05) is 12.0 Å². The molecule has 0 fully saturated rings. The molecule has 8 heteroatoms. The molecule has 2 aromatic carbocycles. The van der Waals surface area contributed by atoms with Crippen molar-refractivity contribution in [2.75, 3.05) is 0 Å². The van der Waals surface area contributed by atoms with E-state index in [-0.39, 0.29) is 17.9 Å². The van der Waals surface area contributed by atoms with Crippen LogP contribution >= 0.6 is 15.9 Å². The minimum atomic E-state index is -1.21. The van der Waals surface area contributed by atoms with Gasteiger partial charge in [-0.3, -0.25) is 9.59 Å². The molecule has 0 radical (unpaired) electrons. The lowest BCUT2D eigenvalue weighted by Gasteiger charge is -2.31. The molecule has 2 amide bonds. The smallest absolute Gasteiger partial charge is 0.247 e. The van der Waals surface area contributed by atoms with Crippen molar-refractivity contribution >= 4 is 38.5 Å². The Hall–Kier alpha value is -2.42. The Kier molecular flexibility index (Phi) is 7.35. The second kappa shape index (κ2) is 9.80. The first-order chi connectivity index (χ1) is 14.7. The number of primary amides is 1. The second-order valence-corrected chi connectivity index (χ2v) is 8.99. The Balaban J connectivity index is 1.83. The van der Waals surface area contributed by atoms with E-state index in [0.717, 1.165) is 10.8 Å². The zero-order chi connectivity index (χ0) is 22.7. The number of hydrogen-bond acceptors (Lipinski definition) is 5. The monoisotopic (exact) mass is 490 g/mol. The van der Waals surface area contributed by atoms with Crippen molar-refractivity contribution in [3.05, 3.63) is 52.5 Å². The molecule has 0 unspecified atom stereocenters. The first-order valence-corrected chi connectivity index (χ1v) is 11.0. The van der Waals surface area contributed by atoms with E-state index in [0.29, 0.717) is 16.6 Å². The highest BCUT2D eigenvalue weighted by Gasteiger charge is 2.35. The van der Waals surface area contributed by atoms with E-state index in [9.17, 15) is 19.8 Å². The van der Waals surface area contributed by atoms with Gasteiger partial charge in [-0.1, -0.05) is 44.2 Å². The molecule has 0 aliphatic heterocycles. The summed E-state index contributed by atoms with van der Waals surface area (Å²) in [6, 6.07) is 10.6. The van der Waals surface area contributed by atoms with Crippen LogP contribution in [0.1, 0.15) is 26.7 Å². The molecule has 0 spiro atoms. The van der Waals surface area contributed by atoms with Gasteiger partial charge in [0.05, 0.1) is 10.6 Å². The average Bonchev–Trinajstić information content (AvgIpc) is 2.72.